The molecule has 25 heavy (non-hydrogen) atoms. The number of hydrogen-bond donors (Lipinski definition) is 2. The van der Waals surface area contributed by atoms with Crippen LogP contribution in [0.5, 0.6) is 0 Å². The fraction of sp³-hybridized carbons (Fsp3) is 0.533. The topological polar surface area (TPSA) is 91.0 Å². The van der Waals surface area contributed by atoms with Crippen LogP contribution in [0, 0.1) is 5.82 Å². The molecular formula is C15H25FIN5O2S. The maximum Gasteiger partial charge on any atom is 0.210 e. The number of benzene rings is 1. The minimum atomic E-state index is -3.51. The third kappa shape index (κ3) is 7.32. The zero-order valence-corrected chi connectivity index (χ0v) is 17.3. The van der Waals surface area contributed by atoms with E-state index < -0.39 is 10.0 Å². The molecule has 0 aliphatic carbocycles. The lowest BCUT2D eigenvalue weighted by Crippen LogP contribution is -2.52. The fourth-order valence-electron chi connectivity index (χ4n) is 2.53. The van der Waals surface area contributed by atoms with Gasteiger partial charge in [0.2, 0.25) is 10.0 Å². The normalized spacial score (nSPS) is 15.7. The van der Waals surface area contributed by atoms with Crippen LogP contribution in [0.4, 0.5) is 10.1 Å². The Bertz CT molecular complexity index is 661. The molecule has 0 spiro atoms. The van der Waals surface area contributed by atoms with E-state index in [1.165, 1.54) is 12.1 Å². The Morgan fingerprint density at radius 2 is 1.84 bits per heavy atom. The molecule has 0 amide bonds. The highest BCUT2D eigenvalue weighted by molar-refractivity contribution is 14.0. The van der Waals surface area contributed by atoms with Crippen LogP contribution in [0.3, 0.4) is 0 Å². The van der Waals surface area contributed by atoms with Gasteiger partial charge >= 0.3 is 0 Å². The lowest BCUT2D eigenvalue weighted by molar-refractivity contribution is 0.373. The van der Waals surface area contributed by atoms with Crippen molar-refractivity contribution in [1.82, 2.24) is 10.2 Å². The zero-order chi connectivity index (χ0) is 17.6. The van der Waals surface area contributed by atoms with Crippen molar-refractivity contribution >= 4 is 45.6 Å². The summed E-state index contributed by atoms with van der Waals surface area (Å²) in [5.41, 5.74) is 0.993. The SMILES string of the molecule is CCNC(=NCCS(N)(=O)=O)N1CCN(c2ccc(F)cc2)CC1.I. The Labute approximate surface area is 165 Å². The highest BCUT2D eigenvalue weighted by atomic mass is 127. The lowest BCUT2D eigenvalue weighted by atomic mass is 10.2. The van der Waals surface area contributed by atoms with Crippen molar-refractivity contribution in [1.29, 1.82) is 0 Å². The van der Waals surface area contributed by atoms with E-state index in [2.05, 4.69) is 20.1 Å². The molecule has 0 atom stereocenters. The third-order valence-electron chi connectivity index (χ3n) is 3.74. The quantitative estimate of drug-likeness (QED) is 0.366. The van der Waals surface area contributed by atoms with Gasteiger partial charge in [-0.3, -0.25) is 4.99 Å². The molecular weight excluding hydrogens is 460 g/mol. The van der Waals surface area contributed by atoms with Crippen molar-refractivity contribution in [2.75, 3.05) is 49.9 Å². The van der Waals surface area contributed by atoms with Gasteiger partial charge in [0, 0.05) is 38.4 Å². The molecule has 142 valence electrons. The molecule has 1 heterocycles. The Hall–Kier alpha value is -1.14. The van der Waals surface area contributed by atoms with Crippen molar-refractivity contribution in [3.63, 3.8) is 0 Å². The molecule has 3 N–H and O–H groups in total. The summed E-state index contributed by atoms with van der Waals surface area (Å²) < 4.78 is 35.0. The Balaban J connectivity index is 0.00000312. The molecule has 1 aromatic rings. The highest BCUT2D eigenvalue weighted by Gasteiger charge is 2.20. The first-order valence-electron chi connectivity index (χ1n) is 7.93. The van der Waals surface area contributed by atoms with Crippen LogP contribution in [0.25, 0.3) is 0 Å². The number of primary sulfonamides is 1. The maximum absolute atomic E-state index is 13.0. The molecule has 1 saturated heterocycles. The smallest absolute Gasteiger partial charge is 0.210 e. The molecule has 0 unspecified atom stereocenters. The van der Waals surface area contributed by atoms with Crippen molar-refractivity contribution in [3.8, 4) is 0 Å². The molecule has 0 bridgehead atoms. The minimum Gasteiger partial charge on any atom is -0.368 e. The van der Waals surface area contributed by atoms with E-state index in [1.807, 2.05) is 6.92 Å². The summed E-state index contributed by atoms with van der Waals surface area (Å²) in [7, 11) is -3.51. The second kappa shape index (κ2) is 10.1. The number of sulfonamides is 1. The van der Waals surface area contributed by atoms with E-state index in [4.69, 9.17) is 5.14 Å². The highest BCUT2D eigenvalue weighted by Crippen LogP contribution is 2.16. The molecule has 10 heteroatoms. The Kier molecular flexibility index (Phi) is 8.86. The summed E-state index contributed by atoms with van der Waals surface area (Å²) in [6.07, 6.45) is 0. The standard InChI is InChI=1S/C15H24FN5O2S.HI/c1-2-18-15(19-7-12-24(17,22)23)21-10-8-20(9-11-21)14-5-3-13(16)4-6-14;/h3-6H,2,7-12H2,1H3,(H,18,19)(H2,17,22,23);1H. The number of nitrogens with zero attached hydrogens (tertiary/aromatic N) is 3. The van der Waals surface area contributed by atoms with Crippen molar-refractivity contribution in [2.45, 2.75) is 6.92 Å². The monoisotopic (exact) mass is 485 g/mol. The largest absolute Gasteiger partial charge is 0.368 e. The number of aliphatic imine (C=N–C) groups is 1. The number of anilines is 1. The fourth-order valence-corrected chi connectivity index (χ4v) is 2.88. The van der Waals surface area contributed by atoms with Crippen LogP contribution < -0.4 is 15.4 Å². The summed E-state index contributed by atoms with van der Waals surface area (Å²) in [5, 5.41) is 8.18. The van der Waals surface area contributed by atoms with Gasteiger partial charge in [-0.15, -0.1) is 24.0 Å². The number of halogens is 2. The van der Waals surface area contributed by atoms with Crippen LogP contribution in [0.2, 0.25) is 0 Å². The van der Waals surface area contributed by atoms with Gasteiger partial charge in [-0.2, -0.15) is 0 Å². The van der Waals surface area contributed by atoms with Gasteiger partial charge in [0.05, 0.1) is 12.3 Å². The zero-order valence-electron chi connectivity index (χ0n) is 14.2. The predicted molar refractivity (Wildman–Crippen MR) is 110 cm³/mol. The summed E-state index contributed by atoms with van der Waals surface area (Å²) >= 11 is 0. The van der Waals surface area contributed by atoms with Crippen LogP contribution in [0.1, 0.15) is 6.92 Å². The second-order valence-electron chi connectivity index (χ2n) is 5.55. The van der Waals surface area contributed by atoms with E-state index >= 15 is 0 Å². The van der Waals surface area contributed by atoms with Gasteiger partial charge < -0.3 is 15.1 Å². The third-order valence-corrected chi connectivity index (χ3v) is 4.49. The molecule has 0 radical (unpaired) electrons. The molecule has 1 aliphatic heterocycles. The van der Waals surface area contributed by atoms with Crippen molar-refractivity contribution < 1.29 is 12.8 Å². The average Bonchev–Trinajstić information content (AvgIpc) is 2.54. The number of guanidine groups is 1. The van der Waals surface area contributed by atoms with E-state index in [0.29, 0.717) is 12.5 Å². The summed E-state index contributed by atoms with van der Waals surface area (Å²) in [6.45, 7) is 5.86. The number of nitrogens with two attached hydrogens (primary N) is 1. The molecule has 1 fully saturated rings. The van der Waals surface area contributed by atoms with E-state index in [1.54, 1.807) is 12.1 Å². The van der Waals surface area contributed by atoms with E-state index in [-0.39, 0.29) is 42.1 Å². The summed E-state index contributed by atoms with van der Waals surface area (Å²) in [4.78, 5) is 8.61. The molecule has 0 saturated carbocycles. The maximum atomic E-state index is 13.0. The number of piperazine rings is 1. The van der Waals surface area contributed by atoms with Gasteiger partial charge in [0.1, 0.15) is 5.82 Å². The molecule has 2 rings (SSSR count). The van der Waals surface area contributed by atoms with Gasteiger partial charge in [-0.1, -0.05) is 0 Å². The molecule has 0 aromatic heterocycles. The average molecular weight is 485 g/mol. The van der Waals surface area contributed by atoms with Gasteiger partial charge in [-0.05, 0) is 31.2 Å². The summed E-state index contributed by atoms with van der Waals surface area (Å²) in [6, 6.07) is 6.47. The lowest BCUT2D eigenvalue weighted by Gasteiger charge is -2.37. The van der Waals surface area contributed by atoms with Crippen molar-refractivity contribution in [2.24, 2.45) is 10.1 Å². The number of nitrogens with one attached hydrogen (secondary N) is 1. The van der Waals surface area contributed by atoms with Crippen molar-refractivity contribution in [3.05, 3.63) is 30.1 Å². The van der Waals surface area contributed by atoms with Crippen LogP contribution in [0.15, 0.2) is 29.3 Å². The predicted octanol–water partition coefficient (Wildman–Crippen LogP) is 0.820. The molecule has 1 aliphatic rings. The van der Waals surface area contributed by atoms with Crippen LogP contribution in [-0.2, 0) is 10.0 Å². The molecule has 1 aromatic carbocycles. The first-order valence-corrected chi connectivity index (χ1v) is 9.65. The van der Waals surface area contributed by atoms with E-state index in [0.717, 1.165) is 31.9 Å². The van der Waals surface area contributed by atoms with Gasteiger partial charge in [-0.25, -0.2) is 17.9 Å². The minimum absolute atomic E-state index is 0. The Morgan fingerprint density at radius 1 is 1.24 bits per heavy atom. The van der Waals surface area contributed by atoms with E-state index in [9.17, 15) is 12.8 Å². The number of hydrogen-bond acceptors (Lipinski definition) is 4. The first kappa shape index (κ1) is 21.9. The van der Waals surface area contributed by atoms with Crippen LogP contribution >= 0.6 is 24.0 Å². The van der Waals surface area contributed by atoms with Gasteiger partial charge in [0.25, 0.3) is 0 Å². The number of rotatable bonds is 5. The van der Waals surface area contributed by atoms with Crippen LogP contribution in [-0.4, -0.2) is 64.3 Å². The summed E-state index contributed by atoms with van der Waals surface area (Å²) in [5.74, 6) is 0.283. The second-order valence-corrected chi connectivity index (χ2v) is 7.29. The Morgan fingerprint density at radius 3 is 2.36 bits per heavy atom. The first-order chi connectivity index (χ1) is 11.4. The molecule has 7 nitrogen and oxygen atoms in total. The van der Waals surface area contributed by atoms with Gasteiger partial charge in [0.15, 0.2) is 5.96 Å².